The summed E-state index contributed by atoms with van der Waals surface area (Å²) >= 11 is 1.87. The Bertz CT molecular complexity index is 126. The predicted octanol–water partition coefficient (Wildman–Crippen LogP) is 1.25. The molecule has 1 aliphatic heterocycles. The van der Waals surface area contributed by atoms with Crippen molar-refractivity contribution in [2.75, 3.05) is 25.6 Å². The second kappa shape index (κ2) is 6.65. The van der Waals surface area contributed by atoms with Crippen molar-refractivity contribution in [2.24, 2.45) is 0 Å². The lowest BCUT2D eigenvalue weighted by Crippen LogP contribution is -2.10. The SMILES string of the molecule is CC(CCO)SCCC1OCCO1. The molecule has 0 aromatic heterocycles. The second-order valence-corrected chi connectivity index (χ2v) is 4.70. The standard InChI is InChI=1S/C9H18O3S/c1-8(2-4-10)13-7-3-9-11-5-6-12-9/h8-10H,2-7H2,1H3. The number of rotatable bonds is 6. The molecule has 0 aliphatic carbocycles. The largest absolute Gasteiger partial charge is 0.396 e. The third-order valence-corrected chi connectivity index (χ3v) is 3.26. The quantitative estimate of drug-likeness (QED) is 0.710. The van der Waals surface area contributed by atoms with Gasteiger partial charge >= 0.3 is 0 Å². The summed E-state index contributed by atoms with van der Waals surface area (Å²) in [5, 5.41) is 9.22. The van der Waals surface area contributed by atoms with E-state index in [0.717, 1.165) is 31.8 Å². The van der Waals surface area contributed by atoms with E-state index in [0.29, 0.717) is 5.25 Å². The van der Waals surface area contributed by atoms with Crippen LogP contribution in [-0.2, 0) is 9.47 Å². The zero-order valence-corrected chi connectivity index (χ0v) is 8.89. The Morgan fingerprint density at radius 1 is 1.46 bits per heavy atom. The van der Waals surface area contributed by atoms with Crippen LogP contribution in [0.2, 0.25) is 0 Å². The summed E-state index contributed by atoms with van der Waals surface area (Å²) in [7, 11) is 0. The summed E-state index contributed by atoms with van der Waals surface area (Å²) < 4.78 is 10.6. The maximum Gasteiger partial charge on any atom is 0.158 e. The monoisotopic (exact) mass is 206 g/mol. The van der Waals surface area contributed by atoms with Gasteiger partial charge in [-0.05, 0) is 12.2 Å². The molecule has 0 aromatic carbocycles. The van der Waals surface area contributed by atoms with Gasteiger partial charge in [-0.15, -0.1) is 0 Å². The minimum Gasteiger partial charge on any atom is -0.396 e. The summed E-state index contributed by atoms with van der Waals surface area (Å²) in [6.45, 7) is 3.89. The van der Waals surface area contributed by atoms with Crippen molar-refractivity contribution in [3.8, 4) is 0 Å². The molecule has 1 unspecified atom stereocenters. The second-order valence-electron chi connectivity index (χ2n) is 3.15. The smallest absolute Gasteiger partial charge is 0.158 e. The van der Waals surface area contributed by atoms with E-state index in [1.165, 1.54) is 0 Å². The van der Waals surface area contributed by atoms with Crippen molar-refractivity contribution in [3.05, 3.63) is 0 Å². The Morgan fingerprint density at radius 2 is 2.15 bits per heavy atom. The molecule has 1 fully saturated rings. The van der Waals surface area contributed by atoms with Gasteiger partial charge in [0.15, 0.2) is 6.29 Å². The van der Waals surface area contributed by atoms with Crippen LogP contribution in [0.3, 0.4) is 0 Å². The fourth-order valence-corrected chi connectivity index (χ4v) is 2.21. The van der Waals surface area contributed by atoms with E-state index in [4.69, 9.17) is 14.6 Å². The van der Waals surface area contributed by atoms with Crippen molar-refractivity contribution in [1.29, 1.82) is 0 Å². The number of aliphatic hydroxyl groups excluding tert-OH is 1. The first-order valence-corrected chi connectivity index (χ1v) is 5.83. The molecule has 3 nitrogen and oxygen atoms in total. The van der Waals surface area contributed by atoms with Crippen molar-refractivity contribution < 1.29 is 14.6 Å². The van der Waals surface area contributed by atoms with E-state index < -0.39 is 0 Å². The Labute approximate surface area is 83.8 Å². The van der Waals surface area contributed by atoms with Gasteiger partial charge in [0, 0.05) is 18.3 Å². The molecular formula is C9H18O3S. The lowest BCUT2D eigenvalue weighted by Gasteiger charge is -2.11. The summed E-state index contributed by atoms with van der Waals surface area (Å²) in [6.07, 6.45) is 1.85. The van der Waals surface area contributed by atoms with Gasteiger partial charge in [-0.1, -0.05) is 6.92 Å². The average Bonchev–Trinajstić information content (AvgIpc) is 2.57. The van der Waals surface area contributed by atoms with E-state index in [-0.39, 0.29) is 12.9 Å². The molecular weight excluding hydrogens is 188 g/mol. The van der Waals surface area contributed by atoms with Crippen LogP contribution in [0.5, 0.6) is 0 Å². The van der Waals surface area contributed by atoms with Gasteiger partial charge in [0.05, 0.1) is 13.2 Å². The van der Waals surface area contributed by atoms with Crippen molar-refractivity contribution in [3.63, 3.8) is 0 Å². The van der Waals surface area contributed by atoms with E-state index in [1.807, 2.05) is 11.8 Å². The molecule has 1 saturated heterocycles. The fourth-order valence-electron chi connectivity index (χ4n) is 1.20. The number of ether oxygens (including phenoxy) is 2. The zero-order valence-electron chi connectivity index (χ0n) is 8.07. The molecule has 0 radical (unpaired) electrons. The molecule has 1 heterocycles. The normalized spacial score (nSPS) is 20.8. The van der Waals surface area contributed by atoms with E-state index in [2.05, 4.69) is 6.92 Å². The van der Waals surface area contributed by atoms with Gasteiger partial charge in [0.1, 0.15) is 0 Å². The molecule has 1 aliphatic rings. The van der Waals surface area contributed by atoms with Crippen LogP contribution in [0, 0.1) is 0 Å². The van der Waals surface area contributed by atoms with Gasteiger partial charge < -0.3 is 14.6 Å². The van der Waals surface area contributed by atoms with Crippen LogP contribution in [0.4, 0.5) is 0 Å². The van der Waals surface area contributed by atoms with Crippen LogP contribution in [0.1, 0.15) is 19.8 Å². The molecule has 1 N–H and O–H groups in total. The van der Waals surface area contributed by atoms with Crippen LogP contribution in [-0.4, -0.2) is 42.2 Å². The van der Waals surface area contributed by atoms with Gasteiger partial charge in [-0.2, -0.15) is 11.8 Å². The molecule has 0 spiro atoms. The van der Waals surface area contributed by atoms with Crippen molar-refractivity contribution in [2.45, 2.75) is 31.3 Å². The third-order valence-electron chi connectivity index (χ3n) is 1.98. The average molecular weight is 206 g/mol. The highest BCUT2D eigenvalue weighted by atomic mass is 32.2. The molecule has 0 saturated carbocycles. The first-order valence-electron chi connectivity index (χ1n) is 4.78. The first kappa shape index (κ1) is 11.3. The molecule has 4 heteroatoms. The Hall–Kier alpha value is 0.230. The summed E-state index contributed by atoms with van der Waals surface area (Å²) in [5.41, 5.74) is 0. The van der Waals surface area contributed by atoms with Crippen molar-refractivity contribution in [1.82, 2.24) is 0 Å². The van der Waals surface area contributed by atoms with E-state index >= 15 is 0 Å². The van der Waals surface area contributed by atoms with Crippen molar-refractivity contribution >= 4 is 11.8 Å². The van der Waals surface area contributed by atoms with Crippen LogP contribution >= 0.6 is 11.8 Å². The maximum absolute atomic E-state index is 8.68. The number of hydrogen-bond donors (Lipinski definition) is 1. The molecule has 1 rings (SSSR count). The summed E-state index contributed by atoms with van der Waals surface area (Å²) in [5.74, 6) is 1.05. The van der Waals surface area contributed by atoms with Crippen LogP contribution < -0.4 is 0 Å². The van der Waals surface area contributed by atoms with Crippen LogP contribution in [0.15, 0.2) is 0 Å². The summed E-state index contributed by atoms with van der Waals surface area (Å²) in [6, 6.07) is 0. The Kier molecular flexibility index (Phi) is 5.78. The lowest BCUT2D eigenvalue weighted by molar-refractivity contribution is -0.0421. The topological polar surface area (TPSA) is 38.7 Å². The van der Waals surface area contributed by atoms with Gasteiger partial charge in [-0.3, -0.25) is 0 Å². The Morgan fingerprint density at radius 3 is 2.77 bits per heavy atom. The third kappa shape index (κ3) is 4.86. The molecule has 78 valence electrons. The zero-order chi connectivity index (χ0) is 9.52. The summed E-state index contributed by atoms with van der Waals surface area (Å²) in [4.78, 5) is 0. The van der Waals surface area contributed by atoms with E-state index in [9.17, 15) is 0 Å². The minimum atomic E-state index is 0.0221. The highest BCUT2D eigenvalue weighted by Crippen LogP contribution is 2.17. The Balaban J connectivity index is 1.93. The van der Waals surface area contributed by atoms with Gasteiger partial charge in [-0.25, -0.2) is 0 Å². The molecule has 0 aromatic rings. The molecule has 0 amide bonds. The number of hydrogen-bond acceptors (Lipinski definition) is 4. The number of thioether (sulfide) groups is 1. The van der Waals surface area contributed by atoms with Gasteiger partial charge in [0.2, 0.25) is 0 Å². The molecule has 13 heavy (non-hydrogen) atoms. The first-order chi connectivity index (χ1) is 6.33. The van der Waals surface area contributed by atoms with Crippen LogP contribution in [0.25, 0.3) is 0 Å². The molecule has 1 atom stereocenters. The highest BCUT2D eigenvalue weighted by molar-refractivity contribution is 7.99. The van der Waals surface area contributed by atoms with Gasteiger partial charge in [0.25, 0.3) is 0 Å². The fraction of sp³-hybridized carbons (Fsp3) is 1.00. The maximum atomic E-state index is 8.68. The van der Waals surface area contributed by atoms with E-state index in [1.54, 1.807) is 0 Å². The minimum absolute atomic E-state index is 0.0221. The lowest BCUT2D eigenvalue weighted by atomic mass is 10.3. The highest BCUT2D eigenvalue weighted by Gasteiger charge is 2.15. The predicted molar refractivity (Wildman–Crippen MR) is 53.9 cm³/mol. The number of aliphatic hydroxyl groups is 1. The molecule has 0 bridgehead atoms.